The van der Waals surface area contributed by atoms with E-state index in [0.717, 1.165) is 23.2 Å². The zero-order chi connectivity index (χ0) is 17.9. The van der Waals surface area contributed by atoms with Crippen LogP contribution in [0.3, 0.4) is 0 Å². The highest BCUT2D eigenvalue weighted by Crippen LogP contribution is 2.36. The van der Waals surface area contributed by atoms with E-state index in [-0.39, 0.29) is 25.3 Å². The summed E-state index contributed by atoms with van der Waals surface area (Å²) in [6.45, 7) is 0.858. The number of nitrogens with one attached hydrogen (secondary N) is 1. The van der Waals surface area contributed by atoms with Crippen LogP contribution in [-0.4, -0.2) is 34.2 Å². The van der Waals surface area contributed by atoms with Crippen LogP contribution in [0.1, 0.15) is 29.3 Å². The van der Waals surface area contributed by atoms with Crippen molar-refractivity contribution in [3.63, 3.8) is 0 Å². The molecule has 1 amide bonds. The normalized spacial score (nSPS) is 16.5. The second kappa shape index (κ2) is 7.22. The van der Waals surface area contributed by atoms with Gasteiger partial charge in [0.05, 0.1) is 6.04 Å². The highest BCUT2D eigenvalue weighted by molar-refractivity contribution is 5.85. The second-order valence-corrected chi connectivity index (χ2v) is 6.57. The number of H-pyrrole nitrogens is 1. The Morgan fingerprint density at radius 3 is 2.73 bits per heavy atom. The Balaban J connectivity index is 1.57. The fraction of sp³-hybridized carbons (Fsp3) is 0.286. The van der Waals surface area contributed by atoms with Gasteiger partial charge in [-0.15, -0.1) is 0 Å². The Morgan fingerprint density at radius 1 is 1.15 bits per heavy atom. The van der Waals surface area contributed by atoms with Crippen molar-refractivity contribution in [2.75, 3.05) is 13.2 Å². The van der Waals surface area contributed by atoms with Crippen molar-refractivity contribution >= 4 is 17.0 Å². The molecule has 0 unspecified atom stereocenters. The molecule has 2 aromatic carbocycles. The number of aromatic nitrogens is 1. The molecule has 2 heterocycles. The van der Waals surface area contributed by atoms with Gasteiger partial charge in [0, 0.05) is 29.7 Å². The molecule has 5 nitrogen and oxygen atoms in total. The molecule has 3 aromatic rings. The number of benzene rings is 2. The average molecular weight is 350 g/mol. The summed E-state index contributed by atoms with van der Waals surface area (Å²) in [5.74, 6) is 0. The molecule has 0 bridgehead atoms. The quantitative estimate of drug-likeness (QED) is 0.752. The maximum atomic E-state index is 12.7. The minimum atomic E-state index is -0.336. The van der Waals surface area contributed by atoms with Gasteiger partial charge in [-0.25, -0.2) is 4.79 Å². The summed E-state index contributed by atoms with van der Waals surface area (Å²) in [5.41, 5.74) is 4.29. The van der Waals surface area contributed by atoms with E-state index in [9.17, 15) is 9.90 Å². The lowest BCUT2D eigenvalue weighted by molar-refractivity contribution is 0.0699. The predicted molar refractivity (Wildman–Crippen MR) is 99.8 cm³/mol. The monoisotopic (exact) mass is 350 g/mol. The first-order valence-corrected chi connectivity index (χ1v) is 8.95. The van der Waals surface area contributed by atoms with Gasteiger partial charge in [0.15, 0.2) is 0 Å². The van der Waals surface area contributed by atoms with Gasteiger partial charge in [-0.05, 0) is 30.0 Å². The molecule has 1 aliphatic heterocycles. The minimum Gasteiger partial charge on any atom is -0.445 e. The molecule has 0 saturated heterocycles. The standard InChI is InChI=1S/C21H22N2O3/c24-13-11-19-20-17(16-8-4-5-9-18(16)22-20)10-12-23(19)21(25)26-14-15-6-2-1-3-7-15/h1-9,19,22,24H,10-14H2/t19-/m0/s1. The molecule has 4 rings (SSSR count). The topological polar surface area (TPSA) is 65.6 Å². The van der Waals surface area contributed by atoms with Crippen LogP contribution in [0.25, 0.3) is 10.9 Å². The molecule has 0 fully saturated rings. The molecule has 0 radical (unpaired) electrons. The molecule has 0 aliphatic carbocycles. The first-order valence-electron chi connectivity index (χ1n) is 8.95. The maximum Gasteiger partial charge on any atom is 0.410 e. The number of hydrogen-bond acceptors (Lipinski definition) is 3. The van der Waals surface area contributed by atoms with Gasteiger partial charge in [-0.3, -0.25) is 4.90 Å². The van der Waals surface area contributed by atoms with Crippen molar-refractivity contribution in [1.29, 1.82) is 0 Å². The van der Waals surface area contributed by atoms with E-state index < -0.39 is 0 Å². The summed E-state index contributed by atoms with van der Waals surface area (Å²) in [4.78, 5) is 17.9. The van der Waals surface area contributed by atoms with Crippen LogP contribution < -0.4 is 0 Å². The third-order valence-corrected chi connectivity index (χ3v) is 5.00. The molecule has 0 spiro atoms. The average Bonchev–Trinajstić information content (AvgIpc) is 3.06. The van der Waals surface area contributed by atoms with E-state index in [2.05, 4.69) is 11.1 Å². The molecule has 2 N–H and O–H groups in total. The number of para-hydroxylation sites is 1. The molecule has 0 saturated carbocycles. The van der Waals surface area contributed by atoms with Crippen LogP contribution in [0.2, 0.25) is 0 Å². The smallest absolute Gasteiger partial charge is 0.410 e. The first-order chi connectivity index (χ1) is 12.8. The van der Waals surface area contributed by atoms with Crippen LogP contribution in [-0.2, 0) is 17.8 Å². The van der Waals surface area contributed by atoms with Crippen LogP contribution in [0.4, 0.5) is 4.79 Å². The van der Waals surface area contributed by atoms with Gasteiger partial charge in [0.2, 0.25) is 0 Å². The third-order valence-electron chi connectivity index (χ3n) is 5.00. The van der Waals surface area contributed by atoms with Gasteiger partial charge in [0.1, 0.15) is 6.61 Å². The summed E-state index contributed by atoms with van der Waals surface area (Å²) in [7, 11) is 0. The van der Waals surface area contributed by atoms with E-state index >= 15 is 0 Å². The zero-order valence-corrected chi connectivity index (χ0v) is 14.5. The fourth-order valence-electron chi connectivity index (χ4n) is 3.76. The molecule has 5 heteroatoms. The van der Waals surface area contributed by atoms with Gasteiger partial charge < -0.3 is 14.8 Å². The molecule has 26 heavy (non-hydrogen) atoms. The van der Waals surface area contributed by atoms with Crippen LogP contribution in [0.5, 0.6) is 0 Å². The SMILES string of the molecule is O=C(OCc1ccccc1)N1CCc2c([nH]c3ccccc23)[C@@H]1CCO. The number of fused-ring (bicyclic) bond motifs is 3. The number of aliphatic hydroxyl groups excluding tert-OH is 1. The van der Waals surface area contributed by atoms with Crippen LogP contribution in [0, 0.1) is 0 Å². The van der Waals surface area contributed by atoms with Gasteiger partial charge in [-0.1, -0.05) is 48.5 Å². The Morgan fingerprint density at radius 2 is 1.92 bits per heavy atom. The Hall–Kier alpha value is -2.79. The lowest BCUT2D eigenvalue weighted by atomic mass is 9.96. The highest BCUT2D eigenvalue weighted by Gasteiger charge is 2.33. The van der Waals surface area contributed by atoms with Crippen LogP contribution in [0.15, 0.2) is 54.6 Å². The molecular weight excluding hydrogens is 328 g/mol. The summed E-state index contributed by atoms with van der Waals surface area (Å²) >= 11 is 0. The Labute approximate surface area is 152 Å². The number of rotatable bonds is 4. The van der Waals surface area contributed by atoms with E-state index in [1.807, 2.05) is 48.5 Å². The van der Waals surface area contributed by atoms with E-state index in [1.165, 1.54) is 10.9 Å². The lowest BCUT2D eigenvalue weighted by Crippen LogP contribution is -2.40. The summed E-state index contributed by atoms with van der Waals surface area (Å²) < 4.78 is 5.52. The number of carbonyl (C=O) groups is 1. The molecule has 134 valence electrons. The van der Waals surface area contributed by atoms with Gasteiger partial charge in [0.25, 0.3) is 0 Å². The Kier molecular flexibility index (Phi) is 4.63. The largest absolute Gasteiger partial charge is 0.445 e. The number of carbonyl (C=O) groups excluding carboxylic acids is 1. The number of amides is 1. The van der Waals surface area contributed by atoms with Gasteiger partial charge >= 0.3 is 6.09 Å². The molecular formula is C21H22N2O3. The van der Waals surface area contributed by atoms with Crippen molar-refractivity contribution < 1.29 is 14.6 Å². The van der Waals surface area contributed by atoms with Gasteiger partial charge in [-0.2, -0.15) is 0 Å². The van der Waals surface area contributed by atoms with E-state index in [0.29, 0.717) is 13.0 Å². The van der Waals surface area contributed by atoms with E-state index in [4.69, 9.17) is 4.74 Å². The van der Waals surface area contributed by atoms with Crippen molar-refractivity contribution in [3.8, 4) is 0 Å². The minimum absolute atomic E-state index is 0.0158. The number of aromatic amines is 1. The number of hydrogen-bond donors (Lipinski definition) is 2. The Bertz CT molecular complexity index is 904. The summed E-state index contributed by atoms with van der Waals surface area (Å²) in [6, 6.07) is 17.6. The lowest BCUT2D eigenvalue weighted by Gasteiger charge is -2.34. The van der Waals surface area contributed by atoms with Crippen molar-refractivity contribution in [3.05, 3.63) is 71.4 Å². The van der Waals surface area contributed by atoms with Crippen LogP contribution >= 0.6 is 0 Å². The first kappa shape index (κ1) is 16.7. The third kappa shape index (κ3) is 3.06. The number of nitrogens with zero attached hydrogens (tertiary/aromatic N) is 1. The summed E-state index contributed by atoms with van der Waals surface area (Å²) in [6.07, 6.45) is 0.929. The molecule has 1 atom stereocenters. The summed E-state index contributed by atoms with van der Waals surface area (Å²) in [5, 5.41) is 10.7. The van der Waals surface area contributed by atoms with Crippen molar-refractivity contribution in [2.45, 2.75) is 25.5 Å². The fourth-order valence-corrected chi connectivity index (χ4v) is 3.76. The van der Waals surface area contributed by atoms with E-state index in [1.54, 1.807) is 4.90 Å². The predicted octanol–water partition coefficient (Wildman–Crippen LogP) is 3.79. The number of aliphatic hydroxyl groups is 1. The van der Waals surface area contributed by atoms with Crippen molar-refractivity contribution in [2.24, 2.45) is 0 Å². The zero-order valence-electron chi connectivity index (χ0n) is 14.5. The number of ether oxygens (including phenoxy) is 1. The molecule has 1 aromatic heterocycles. The maximum absolute atomic E-state index is 12.7. The highest BCUT2D eigenvalue weighted by atomic mass is 16.6. The van der Waals surface area contributed by atoms with Crippen molar-refractivity contribution in [1.82, 2.24) is 9.88 Å². The second-order valence-electron chi connectivity index (χ2n) is 6.57. The molecule has 1 aliphatic rings.